The first kappa shape index (κ1) is 11.7. The van der Waals surface area contributed by atoms with E-state index in [4.69, 9.17) is 11.6 Å². The second kappa shape index (κ2) is 5.53. The molecular weight excluding hydrogens is 220 g/mol. The van der Waals surface area contributed by atoms with Gasteiger partial charge in [0, 0.05) is 30.5 Å². The number of halogens is 1. The highest BCUT2D eigenvalue weighted by Crippen LogP contribution is 2.32. The molecule has 1 N–H and O–H groups in total. The van der Waals surface area contributed by atoms with Crippen LogP contribution >= 0.6 is 11.6 Å². The first-order valence-electron chi connectivity index (χ1n) is 6.01. The fourth-order valence-corrected chi connectivity index (χ4v) is 2.90. The van der Waals surface area contributed by atoms with Crippen LogP contribution in [-0.4, -0.2) is 17.4 Å². The van der Waals surface area contributed by atoms with Gasteiger partial charge in [0.25, 0.3) is 0 Å². The van der Waals surface area contributed by atoms with Gasteiger partial charge in [-0.1, -0.05) is 6.42 Å². The van der Waals surface area contributed by atoms with E-state index < -0.39 is 0 Å². The van der Waals surface area contributed by atoms with Crippen LogP contribution in [0.5, 0.6) is 0 Å². The normalized spacial score (nSPS) is 24.6. The molecule has 88 valence electrons. The van der Waals surface area contributed by atoms with Crippen molar-refractivity contribution in [1.82, 2.24) is 4.98 Å². The lowest BCUT2D eigenvalue weighted by molar-refractivity contribution is 0.444. The van der Waals surface area contributed by atoms with Gasteiger partial charge in [-0.3, -0.25) is 4.98 Å². The van der Waals surface area contributed by atoms with Gasteiger partial charge < -0.3 is 5.32 Å². The number of nitrogens with one attached hydrogen (secondary N) is 1. The summed E-state index contributed by atoms with van der Waals surface area (Å²) in [5, 5.41) is 3.52. The number of alkyl halides is 1. The van der Waals surface area contributed by atoms with Gasteiger partial charge in [0.2, 0.25) is 0 Å². The molecule has 1 aliphatic carbocycles. The number of hydrogen-bond acceptors (Lipinski definition) is 2. The van der Waals surface area contributed by atoms with Crippen LogP contribution in [0.2, 0.25) is 0 Å². The van der Waals surface area contributed by atoms with Gasteiger partial charge in [0.1, 0.15) is 0 Å². The van der Waals surface area contributed by atoms with Gasteiger partial charge in [-0.15, -0.1) is 11.6 Å². The fraction of sp³-hybridized carbons (Fsp3) is 0.615. The molecule has 1 aromatic rings. The third kappa shape index (κ3) is 2.67. The van der Waals surface area contributed by atoms with Gasteiger partial charge in [-0.2, -0.15) is 0 Å². The molecule has 0 bridgehead atoms. The smallest absolute Gasteiger partial charge is 0.0400 e. The maximum absolute atomic E-state index is 5.98. The van der Waals surface area contributed by atoms with Crippen LogP contribution < -0.4 is 5.32 Å². The molecule has 3 heteroatoms. The van der Waals surface area contributed by atoms with Crippen molar-refractivity contribution in [2.75, 3.05) is 17.7 Å². The van der Waals surface area contributed by atoms with Gasteiger partial charge >= 0.3 is 0 Å². The van der Waals surface area contributed by atoms with E-state index in [0.29, 0.717) is 5.92 Å². The van der Waals surface area contributed by atoms with E-state index in [9.17, 15) is 0 Å². The van der Waals surface area contributed by atoms with Gasteiger partial charge in [0.05, 0.1) is 0 Å². The lowest BCUT2D eigenvalue weighted by Gasteiger charge is -2.19. The summed E-state index contributed by atoms with van der Waals surface area (Å²) in [4.78, 5) is 4.09. The Morgan fingerprint density at radius 1 is 1.44 bits per heavy atom. The summed E-state index contributed by atoms with van der Waals surface area (Å²) >= 11 is 5.98. The summed E-state index contributed by atoms with van der Waals surface area (Å²) in [6.07, 6.45) is 7.68. The molecular formula is C13H19ClN2. The summed E-state index contributed by atoms with van der Waals surface area (Å²) in [6.45, 7) is 3.13. The molecule has 1 aliphatic rings. The first-order valence-corrected chi connectivity index (χ1v) is 6.55. The Balaban J connectivity index is 1.90. The summed E-state index contributed by atoms with van der Waals surface area (Å²) in [5.74, 6) is 2.25. The van der Waals surface area contributed by atoms with E-state index in [1.807, 2.05) is 18.5 Å². The average molecular weight is 239 g/mol. The highest BCUT2D eigenvalue weighted by molar-refractivity contribution is 6.18. The molecule has 1 heterocycles. The van der Waals surface area contributed by atoms with Crippen molar-refractivity contribution in [2.24, 2.45) is 11.8 Å². The molecule has 0 aliphatic heterocycles. The molecule has 1 fully saturated rings. The zero-order valence-corrected chi connectivity index (χ0v) is 10.5. The number of rotatable bonds is 4. The van der Waals surface area contributed by atoms with Crippen LogP contribution in [0.15, 0.2) is 18.5 Å². The Hall–Kier alpha value is -0.760. The molecule has 1 saturated carbocycles. The van der Waals surface area contributed by atoms with E-state index in [1.54, 1.807) is 0 Å². The molecule has 0 aromatic carbocycles. The Morgan fingerprint density at radius 2 is 2.25 bits per heavy atom. The second-order valence-electron chi connectivity index (χ2n) is 4.68. The highest BCUT2D eigenvalue weighted by atomic mass is 35.5. The van der Waals surface area contributed by atoms with E-state index in [0.717, 1.165) is 18.3 Å². The lowest BCUT2D eigenvalue weighted by atomic mass is 9.98. The topological polar surface area (TPSA) is 24.9 Å². The van der Waals surface area contributed by atoms with Gasteiger partial charge in [-0.25, -0.2) is 0 Å². The molecule has 0 amide bonds. The summed E-state index contributed by atoms with van der Waals surface area (Å²) in [6, 6.07) is 2.04. The van der Waals surface area contributed by atoms with Crippen molar-refractivity contribution >= 4 is 17.3 Å². The second-order valence-corrected chi connectivity index (χ2v) is 4.99. The minimum atomic E-state index is 0.705. The SMILES string of the molecule is Cc1cnccc1NCC1CCCC1CCl. The molecule has 2 nitrogen and oxygen atoms in total. The van der Waals surface area contributed by atoms with Crippen LogP contribution in [0.1, 0.15) is 24.8 Å². The zero-order valence-electron chi connectivity index (χ0n) is 9.75. The Bertz CT molecular complexity index is 340. The number of anilines is 1. The standard InChI is InChI=1S/C13H19ClN2/c1-10-8-15-6-5-13(10)16-9-12-4-2-3-11(12)7-14/h5-6,8,11-12H,2-4,7,9H2,1H3,(H,15,16). The van der Waals surface area contributed by atoms with Crippen molar-refractivity contribution in [3.05, 3.63) is 24.0 Å². The molecule has 2 rings (SSSR count). The summed E-state index contributed by atoms with van der Waals surface area (Å²) < 4.78 is 0. The maximum atomic E-state index is 5.98. The van der Waals surface area contributed by atoms with Crippen molar-refractivity contribution in [3.63, 3.8) is 0 Å². The van der Waals surface area contributed by atoms with Crippen LogP contribution in [0.4, 0.5) is 5.69 Å². The van der Waals surface area contributed by atoms with Crippen LogP contribution in [-0.2, 0) is 0 Å². The zero-order chi connectivity index (χ0) is 11.4. The van der Waals surface area contributed by atoms with Crippen molar-refractivity contribution in [1.29, 1.82) is 0 Å². The number of nitrogens with zero attached hydrogens (tertiary/aromatic N) is 1. The average Bonchev–Trinajstić information content (AvgIpc) is 2.75. The van der Waals surface area contributed by atoms with E-state index >= 15 is 0 Å². The molecule has 0 radical (unpaired) electrons. The fourth-order valence-electron chi connectivity index (χ4n) is 2.50. The molecule has 2 atom stereocenters. The molecule has 1 aromatic heterocycles. The molecule has 2 unspecified atom stereocenters. The van der Waals surface area contributed by atoms with Crippen molar-refractivity contribution < 1.29 is 0 Å². The number of hydrogen-bond donors (Lipinski definition) is 1. The monoisotopic (exact) mass is 238 g/mol. The third-order valence-corrected chi connectivity index (χ3v) is 3.99. The molecule has 0 spiro atoms. The Kier molecular flexibility index (Phi) is 4.05. The van der Waals surface area contributed by atoms with Crippen LogP contribution in [0.25, 0.3) is 0 Å². The first-order chi connectivity index (χ1) is 7.81. The van der Waals surface area contributed by atoms with Gasteiger partial charge in [0.15, 0.2) is 0 Å². The summed E-state index contributed by atoms with van der Waals surface area (Å²) in [5.41, 5.74) is 2.41. The Morgan fingerprint density at radius 3 is 3.00 bits per heavy atom. The minimum absolute atomic E-state index is 0.705. The number of aryl methyl sites for hydroxylation is 1. The van der Waals surface area contributed by atoms with E-state index in [2.05, 4.69) is 17.2 Å². The quantitative estimate of drug-likeness (QED) is 0.813. The Labute approximate surface area is 102 Å². The molecule has 0 saturated heterocycles. The van der Waals surface area contributed by atoms with Crippen LogP contribution in [0.3, 0.4) is 0 Å². The molecule has 16 heavy (non-hydrogen) atoms. The summed E-state index contributed by atoms with van der Waals surface area (Å²) in [7, 11) is 0. The number of aromatic nitrogens is 1. The number of pyridine rings is 1. The highest BCUT2D eigenvalue weighted by Gasteiger charge is 2.26. The predicted octanol–water partition coefficient (Wildman–Crippen LogP) is 3.46. The van der Waals surface area contributed by atoms with Crippen LogP contribution in [0, 0.1) is 18.8 Å². The van der Waals surface area contributed by atoms with E-state index in [1.165, 1.54) is 30.5 Å². The van der Waals surface area contributed by atoms with Gasteiger partial charge in [-0.05, 0) is 43.2 Å². The minimum Gasteiger partial charge on any atom is -0.384 e. The lowest BCUT2D eigenvalue weighted by Crippen LogP contribution is -2.19. The van der Waals surface area contributed by atoms with E-state index in [-0.39, 0.29) is 0 Å². The van der Waals surface area contributed by atoms with Crippen molar-refractivity contribution in [2.45, 2.75) is 26.2 Å². The third-order valence-electron chi connectivity index (χ3n) is 3.59. The van der Waals surface area contributed by atoms with Crippen molar-refractivity contribution in [3.8, 4) is 0 Å². The largest absolute Gasteiger partial charge is 0.384 e. The predicted molar refractivity (Wildman–Crippen MR) is 69.0 cm³/mol. The maximum Gasteiger partial charge on any atom is 0.0400 e.